The van der Waals surface area contributed by atoms with E-state index < -0.39 is 0 Å². The third-order valence-electron chi connectivity index (χ3n) is 2.78. The van der Waals surface area contributed by atoms with Gasteiger partial charge < -0.3 is 5.73 Å². The lowest BCUT2D eigenvalue weighted by Crippen LogP contribution is -2.15. The number of rotatable bonds is 5. The number of benzene rings is 1. The van der Waals surface area contributed by atoms with Crippen LogP contribution in [-0.2, 0) is 0 Å². The molecule has 0 aromatic heterocycles. The SMILES string of the molecule is CCC(CCC(C)N)c1cccc(Cl)c1. The van der Waals surface area contributed by atoms with Crippen LogP contribution >= 0.6 is 11.6 Å². The summed E-state index contributed by atoms with van der Waals surface area (Å²) in [5, 5.41) is 0.826. The van der Waals surface area contributed by atoms with Gasteiger partial charge in [0.15, 0.2) is 0 Å². The maximum Gasteiger partial charge on any atom is 0.0408 e. The summed E-state index contributed by atoms with van der Waals surface area (Å²) in [6.07, 6.45) is 3.37. The highest BCUT2D eigenvalue weighted by atomic mass is 35.5. The molecule has 84 valence electrons. The first-order chi connectivity index (χ1) is 7.13. The second kappa shape index (κ2) is 6.14. The van der Waals surface area contributed by atoms with Gasteiger partial charge in [0.1, 0.15) is 0 Å². The fourth-order valence-electron chi connectivity index (χ4n) is 1.83. The van der Waals surface area contributed by atoms with E-state index in [9.17, 15) is 0 Å². The summed E-state index contributed by atoms with van der Waals surface area (Å²) in [4.78, 5) is 0. The van der Waals surface area contributed by atoms with Gasteiger partial charge in [-0.1, -0.05) is 30.7 Å². The molecule has 2 N–H and O–H groups in total. The largest absolute Gasteiger partial charge is 0.328 e. The number of hydrogen-bond acceptors (Lipinski definition) is 1. The predicted molar refractivity (Wildman–Crippen MR) is 67.4 cm³/mol. The Balaban J connectivity index is 2.65. The highest BCUT2D eigenvalue weighted by Crippen LogP contribution is 2.26. The molecule has 0 aliphatic heterocycles. The first-order valence-electron chi connectivity index (χ1n) is 5.64. The summed E-state index contributed by atoms with van der Waals surface area (Å²) in [5.74, 6) is 0.592. The van der Waals surface area contributed by atoms with Crippen LogP contribution in [0.3, 0.4) is 0 Å². The van der Waals surface area contributed by atoms with Crippen LogP contribution in [0.15, 0.2) is 24.3 Å². The van der Waals surface area contributed by atoms with E-state index in [4.69, 9.17) is 17.3 Å². The molecule has 2 atom stereocenters. The van der Waals surface area contributed by atoms with Crippen molar-refractivity contribution in [3.8, 4) is 0 Å². The molecule has 1 aromatic carbocycles. The summed E-state index contributed by atoms with van der Waals surface area (Å²) < 4.78 is 0. The van der Waals surface area contributed by atoms with Crippen molar-refractivity contribution in [2.75, 3.05) is 0 Å². The zero-order valence-corrected chi connectivity index (χ0v) is 10.3. The van der Waals surface area contributed by atoms with Gasteiger partial charge in [-0.15, -0.1) is 0 Å². The van der Waals surface area contributed by atoms with E-state index in [1.807, 2.05) is 12.1 Å². The molecule has 1 nitrogen and oxygen atoms in total. The molecule has 0 aliphatic carbocycles. The molecule has 0 heterocycles. The van der Waals surface area contributed by atoms with Crippen molar-refractivity contribution in [3.63, 3.8) is 0 Å². The Morgan fingerprint density at radius 1 is 1.33 bits per heavy atom. The van der Waals surface area contributed by atoms with Crippen LogP contribution in [0, 0.1) is 0 Å². The van der Waals surface area contributed by atoms with Gasteiger partial charge in [0.25, 0.3) is 0 Å². The van der Waals surface area contributed by atoms with Crippen molar-refractivity contribution < 1.29 is 0 Å². The molecular weight excluding hydrogens is 206 g/mol. The number of nitrogens with two attached hydrogens (primary N) is 1. The van der Waals surface area contributed by atoms with Crippen LogP contribution in [0.2, 0.25) is 5.02 Å². The molecule has 0 bridgehead atoms. The lowest BCUT2D eigenvalue weighted by Gasteiger charge is -2.16. The number of hydrogen-bond donors (Lipinski definition) is 1. The van der Waals surface area contributed by atoms with Crippen LogP contribution in [-0.4, -0.2) is 6.04 Å². The summed E-state index contributed by atoms with van der Waals surface area (Å²) in [6.45, 7) is 4.28. The van der Waals surface area contributed by atoms with E-state index in [1.165, 1.54) is 5.56 Å². The average Bonchev–Trinajstić information content (AvgIpc) is 2.18. The Kier molecular flexibility index (Phi) is 5.13. The van der Waals surface area contributed by atoms with Gasteiger partial charge in [0.2, 0.25) is 0 Å². The summed E-state index contributed by atoms with van der Waals surface area (Å²) >= 11 is 5.98. The monoisotopic (exact) mass is 225 g/mol. The Morgan fingerprint density at radius 2 is 2.07 bits per heavy atom. The Bertz CT molecular complexity index is 296. The maximum absolute atomic E-state index is 5.98. The third kappa shape index (κ3) is 4.23. The maximum atomic E-state index is 5.98. The van der Waals surface area contributed by atoms with Crippen LogP contribution in [0.4, 0.5) is 0 Å². The fraction of sp³-hybridized carbons (Fsp3) is 0.538. The minimum absolute atomic E-state index is 0.290. The molecule has 0 aliphatic rings. The topological polar surface area (TPSA) is 26.0 Å². The zero-order chi connectivity index (χ0) is 11.3. The van der Waals surface area contributed by atoms with Gasteiger partial charge in [-0.2, -0.15) is 0 Å². The van der Waals surface area contributed by atoms with Crippen LogP contribution in [0.5, 0.6) is 0 Å². The quantitative estimate of drug-likeness (QED) is 0.807. The zero-order valence-electron chi connectivity index (χ0n) is 9.54. The van der Waals surface area contributed by atoms with Crippen LogP contribution in [0.25, 0.3) is 0 Å². The first-order valence-corrected chi connectivity index (χ1v) is 6.02. The van der Waals surface area contributed by atoms with Gasteiger partial charge in [0.05, 0.1) is 0 Å². The van der Waals surface area contributed by atoms with Crippen molar-refractivity contribution in [2.24, 2.45) is 5.73 Å². The minimum atomic E-state index is 0.290. The van der Waals surface area contributed by atoms with Crippen molar-refractivity contribution in [3.05, 3.63) is 34.9 Å². The van der Waals surface area contributed by atoms with Crippen molar-refractivity contribution >= 4 is 11.6 Å². The number of halogens is 1. The lowest BCUT2D eigenvalue weighted by atomic mass is 9.91. The fourth-order valence-corrected chi connectivity index (χ4v) is 2.03. The molecule has 0 spiro atoms. The van der Waals surface area contributed by atoms with Gasteiger partial charge in [-0.3, -0.25) is 0 Å². The highest BCUT2D eigenvalue weighted by Gasteiger charge is 2.10. The minimum Gasteiger partial charge on any atom is -0.328 e. The van der Waals surface area contributed by atoms with Crippen molar-refractivity contribution in [1.82, 2.24) is 0 Å². The molecule has 2 heteroatoms. The summed E-state index contributed by atoms with van der Waals surface area (Å²) in [5.41, 5.74) is 7.12. The second-order valence-corrected chi connectivity index (χ2v) is 4.65. The van der Waals surface area contributed by atoms with E-state index >= 15 is 0 Å². The smallest absolute Gasteiger partial charge is 0.0408 e. The molecule has 1 aromatic rings. The standard InChI is InChI=1S/C13H20ClN/c1-3-11(8-7-10(2)15)12-5-4-6-13(14)9-12/h4-6,9-11H,3,7-8,15H2,1-2H3. The molecule has 1 rings (SSSR count). The molecular formula is C13H20ClN. The summed E-state index contributed by atoms with van der Waals surface area (Å²) in [6, 6.07) is 8.45. The van der Waals surface area contributed by atoms with Crippen LogP contribution in [0.1, 0.15) is 44.6 Å². The molecule has 0 amide bonds. The van der Waals surface area contributed by atoms with E-state index in [0.717, 1.165) is 24.3 Å². The van der Waals surface area contributed by atoms with Gasteiger partial charge in [0, 0.05) is 11.1 Å². The third-order valence-corrected chi connectivity index (χ3v) is 3.02. The van der Waals surface area contributed by atoms with Gasteiger partial charge in [-0.05, 0) is 49.8 Å². The van der Waals surface area contributed by atoms with Crippen molar-refractivity contribution in [2.45, 2.75) is 45.1 Å². The molecule has 0 radical (unpaired) electrons. The summed E-state index contributed by atoms with van der Waals surface area (Å²) in [7, 11) is 0. The molecule has 0 fully saturated rings. The second-order valence-electron chi connectivity index (χ2n) is 4.21. The molecule has 15 heavy (non-hydrogen) atoms. The van der Waals surface area contributed by atoms with E-state index in [1.54, 1.807) is 0 Å². The molecule has 0 saturated carbocycles. The van der Waals surface area contributed by atoms with Gasteiger partial charge >= 0.3 is 0 Å². The highest BCUT2D eigenvalue weighted by molar-refractivity contribution is 6.30. The molecule has 2 unspecified atom stereocenters. The van der Waals surface area contributed by atoms with E-state index in [-0.39, 0.29) is 0 Å². The Morgan fingerprint density at radius 3 is 2.60 bits per heavy atom. The Hall–Kier alpha value is -0.530. The molecule has 0 saturated heterocycles. The van der Waals surface area contributed by atoms with Crippen molar-refractivity contribution in [1.29, 1.82) is 0 Å². The average molecular weight is 226 g/mol. The van der Waals surface area contributed by atoms with Crippen LogP contribution < -0.4 is 5.73 Å². The van der Waals surface area contributed by atoms with E-state index in [0.29, 0.717) is 12.0 Å². The lowest BCUT2D eigenvalue weighted by molar-refractivity contribution is 0.532. The first kappa shape index (κ1) is 12.5. The van der Waals surface area contributed by atoms with E-state index in [2.05, 4.69) is 26.0 Å². The normalized spacial score (nSPS) is 14.9. The predicted octanol–water partition coefficient (Wildman–Crippen LogP) is 3.96. The Labute approximate surface area is 97.6 Å². The van der Waals surface area contributed by atoms with Gasteiger partial charge in [-0.25, -0.2) is 0 Å².